The predicted molar refractivity (Wildman–Crippen MR) is 105 cm³/mol. The number of carboxylic acid groups (broad SMARTS) is 1. The van der Waals surface area contributed by atoms with Gasteiger partial charge in [-0.05, 0) is 42.5 Å². The number of benzene rings is 1. The number of carboxylic acids is 1. The summed E-state index contributed by atoms with van der Waals surface area (Å²) in [6.45, 7) is 1.48. The van der Waals surface area contributed by atoms with Gasteiger partial charge in [-0.25, -0.2) is 0 Å². The van der Waals surface area contributed by atoms with E-state index in [-0.39, 0.29) is 17.9 Å². The number of amides is 1. The van der Waals surface area contributed by atoms with Crippen LogP contribution in [0.1, 0.15) is 23.2 Å². The molecule has 146 valence electrons. The van der Waals surface area contributed by atoms with Gasteiger partial charge in [-0.15, -0.1) is 0 Å². The summed E-state index contributed by atoms with van der Waals surface area (Å²) in [5, 5.41) is 12.5. The molecule has 6 heteroatoms. The molecule has 2 aromatic rings. The fourth-order valence-electron chi connectivity index (χ4n) is 4.42. The number of hydrogen-bond donors (Lipinski definition) is 2. The summed E-state index contributed by atoms with van der Waals surface area (Å²) < 4.78 is 0. The highest BCUT2D eigenvalue weighted by atomic mass is 16.4. The number of fused-ring (bicyclic) bond motifs is 1. The average Bonchev–Trinajstić information content (AvgIpc) is 3.17. The third-order valence-electron chi connectivity index (χ3n) is 5.91. The molecule has 0 saturated carbocycles. The van der Waals surface area contributed by atoms with Gasteiger partial charge in [0, 0.05) is 25.3 Å². The summed E-state index contributed by atoms with van der Waals surface area (Å²) in [6, 6.07) is 14.2. The van der Waals surface area contributed by atoms with Crippen molar-refractivity contribution in [3.63, 3.8) is 0 Å². The lowest BCUT2D eigenvalue weighted by Gasteiger charge is -2.39. The Morgan fingerprint density at radius 3 is 2.36 bits per heavy atom. The third-order valence-corrected chi connectivity index (χ3v) is 5.91. The molecule has 2 heterocycles. The molecule has 6 nitrogen and oxygen atoms in total. The van der Waals surface area contributed by atoms with Gasteiger partial charge in [0.25, 0.3) is 0 Å². The van der Waals surface area contributed by atoms with Gasteiger partial charge in [0.1, 0.15) is 0 Å². The molecule has 2 aliphatic rings. The Balaban J connectivity index is 1.42. The fraction of sp³-hybridized carbons (Fsp3) is 0.409. The number of piperidine rings is 1. The monoisotopic (exact) mass is 379 g/mol. The number of nitrogens with one attached hydrogen (secondary N) is 1. The zero-order valence-corrected chi connectivity index (χ0v) is 15.8. The second-order valence-corrected chi connectivity index (χ2v) is 7.79. The molecule has 1 aromatic carbocycles. The average molecular weight is 379 g/mol. The van der Waals surface area contributed by atoms with Crippen LogP contribution in [0.4, 0.5) is 0 Å². The summed E-state index contributed by atoms with van der Waals surface area (Å²) in [7, 11) is 0. The lowest BCUT2D eigenvalue weighted by Crippen LogP contribution is -2.52. The first-order valence-electron chi connectivity index (χ1n) is 9.81. The molecule has 1 fully saturated rings. The Kier molecular flexibility index (Phi) is 5.39. The van der Waals surface area contributed by atoms with Gasteiger partial charge in [0.2, 0.25) is 5.91 Å². The van der Waals surface area contributed by atoms with Crippen molar-refractivity contribution in [2.75, 3.05) is 13.1 Å². The number of carbonyl (C=O) groups excluding carboxylic acids is 1. The Morgan fingerprint density at radius 1 is 1.04 bits per heavy atom. The molecule has 1 aromatic heterocycles. The first kappa shape index (κ1) is 18.6. The lowest BCUT2D eigenvalue weighted by molar-refractivity contribution is -0.146. The van der Waals surface area contributed by atoms with Crippen molar-refractivity contribution in [1.29, 1.82) is 0 Å². The van der Waals surface area contributed by atoms with E-state index in [2.05, 4.69) is 27.3 Å². The van der Waals surface area contributed by atoms with Crippen LogP contribution >= 0.6 is 0 Å². The highest BCUT2D eigenvalue weighted by Gasteiger charge is 2.39. The number of likely N-dealkylation sites (tertiary alicyclic amines) is 1. The number of nitrogens with zero attached hydrogens (tertiary/aromatic N) is 2. The molecule has 1 aliphatic heterocycles. The second-order valence-electron chi connectivity index (χ2n) is 7.79. The Bertz CT molecular complexity index is 830. The Morgan fingerprint density at radius 2 is 1.71 bits per heavy atom. The van der Waals surface area contributed by atoms with Gasteiger partial charge in [-0.2, -0.15) is 0 Å². The number of aliphatic carboxylic acids is 1. The van der Waals surface area contributed by atoms with Gasteiger partial charge in [0.05, 0.1) is 24.1 Å². The molecular formula is C22H25N3O3. The van der Waals surface area contributed by atoms with Crippen molar-refractivity contribution in [2.45, 2.75) is 31.8 Å². The number of rotatable bonds is 5. The summed E-state index contributed by atoms with van der Waals surface area (Å²) in [6.07, 6.45) is 3.93. The molecule has 2 N–H and O–H groups in total. The van der Waals surface area contributed by atoms with E-state index in [1.54, 1.807) is 6.20 Å². The smallest absolute Gasteiger partial charge is 0.307 e. The summed E-state index contributed by atoms with van der Waals surface area (Å²) >= 11 is 0. The van der Waals surface area contributed by atoms with Gasteiger partial charge in [-0.3, -0.25) is 19.5 Å². The number of hydrogen-bond acceptors (Lipinski definition) is 4. The minimum Gasteiger partial charge on any atom is -0.481 e. The van der Waals surface area contributed by atoms with Crippen molar-refractivity contribution in [3.05, 3.63) is 65.5 Å². The van der Waals surface area contributed by atoms with Gasteiger partial charge in [-0.1, -0.05) is 30.3 Å². The minimum absolute atomic E-state index is 0.0860. The predicted octanol–water partition coefficient (Wildman–Crippen LogP) is 1.89. The van der Waals surface area contributed by atoms with Crippen LogP contribution in [-0.4, -0.2) is 46.0 Å². The van der Waals surface area contributed by atoms with E-state index >= 15 is 0 Å². The van der Waals surface area contributed by atoms with Gasteiger partial charge < -0.3 is 10.4 Å². The van der Waals surface area contributed by atoms with Gasteiger partial charge >= 0.3 is 5.97 Å². The van der Waals surface area contributed by atoms with E-state index in [4.69, 9.17) is 0 Å². The SMILES string of the molecule is O=C(O)[C@@H]1C[C@@H](C(=O)NCc2ccccn2)CN(C2Cc3ccccc3C2)C1. The maximum absolute atomic E-state index is 12.8. The summed E-state index contributed by atoms with van der Waals surface area (Å²) in [5.74, 6) is -1.73. The van der Waals surface area contributed by atoms with Crippen LogP contribution < -0.4 is 5.32 Å². The van der Waals surface area contributed by atoms with Gasteiger partial charge in [0.15, 0.2) is 0 Å². The molecule has 0 radical (unpaired) electrons. The molecule has 0 unspecified atom stereocenters. The Labute approximate surface area is 164 Å². The number of aromatic nitrogens is 1. The molecule has 1 saturated heterocycles. The molecule has 28 heavy (non-hydrogen) atoms. The van der Waals surface area contributed by atoms with E-state index in [0.717, 1.165) is 18.5 Å². The minimum atomic E-state index is -0.817. The molecule has 1 aliphatic carbocycles. The van der Waals surface area contributed by atoms with Crippen molar-refractivity contribution in [3.8, 4) is 0 Å². The highest BCUT2D eigenvalue weighted by Crippen LogP contribution is 2.31. The first-order chi connectivity index (χ1) is 13.6. The molecule has 4 rings (SSSR count). The van der Waals surface area contributed by atoms with Crippen LogP contribution in [0.2, 0.25) is 0 Å². The van der Waals surface area contributed by atoms with Crippen LogP contribution in [0.25, 0.3) is 0 Å². The quantitative estimate of drug-likeness (QED) is 0.829. The van der Waals surface area contributed by atoms with Crippen molar-refractivity contribution < 1.29 is 14.7 Å². The van der Waals surface area contributed by atoms with Crippen LogP contribution in [0.15, 0.2) is 48.7 Å². The molecule has 0 spiro atoms. The second kappa shape index (κ2) is 8.10. The molecular weight excluding hydrogens is 354 g/mol. The van der Waals surface area contributed by atoms with E-state index in [0.29, 0.717) is 26.1 Å². The number of carbonyl (C=O) groups is 2. The zero-order chi connectivity index (χ0) is 19.5. The van der Waals surface area contributed by atoms with E-state index < -0.39 is 11.9 Å². The van der Waals surface area contributed by atoms with E-state index in [9.17, 15) is 14.7 Å². The van der Waals surface area contributed by atoms with Crippen LogP contribution in [0.3, 0.4) is 0 Å². The Hall–Kier alpha value is -2.73. The largest absolute Gasteiger partial charge is 0.481 e. The molecule has 1 amide bonds. The maximum Gasteiger partial charge on any atom is 0.307 e. The fourth-order valence-corrected chi connectivity index (χ4v) is 4.42. The summed E-state index contributed by atoms with van der Waals surface area (Å²) in [4.78, 5) is 30.9. The summed E-state index contributed by atoms with van der Waals surface area (Å²) in [5.41, 5.74) is 3.46. The van der Waals surface area contributed by atoms with E-state index in [1.165, 1.54) is 11.1 Å². The third kappa shape index (κ3) is 4.07. The van der Waals surface area contributed by atoms with Crippen molar-refractivity contribution >= 4 is 11.9 Å². The first-order valence-corrected chi connectivity index (χ1v) is 9.81. The number of pyridine rings is 1. The maximum atomic E-state index is 12.8. The zero-order valence-electron chi connectivity index (χ0n) is 15.8. The van der Waals surface area contributed by atoms with Crippen LogP contribution in [0.5, 0.6) is 0 Å². The van der Waals surface area contributed by atoms with Crippen molar-refractivity contribution in [1.82, 2.24) is 15.2 Å². The molecule has 0 bridgehead atoms. The standard InChI is InChI=1S/C22H25N3O3/c26-21(24-12-19-7-3-4-8-23-19)17-9-18(22(27)28)14-25(13-17)20-10-15-5-1-2-6-16(15)11-20/h1-8,17-18,20H,9-14H2,(H,24,26)(H,27,28)/t17-,18-/m1/s1. The van der Waals surface area contributed by atoms with E-state index in [1.807, 2.05) is 30.3 Å². The lowest BCUT2D eigenvalue weighted by atomic mass is 9.87. The normalized spacial score (nSPS) is 22.6. The molecule has 2 atom stereocenters. The highest BCUT2D eigenvalue weighted by molar-refractivity contribution is 5.80. The topological polar surface area (TPSA) is 82.5 Å². The van der Waals surface area contributed by atoms with Crippen LogP contribution in [-0.2, 0) is 29.0 Å². The van der Waals surface area contributed by atoms with Crippen LogP contribution in [0, 0.1) is 11.8 Å². The van der Waals surface area contributed by atoms with Crippen molar-refractivity contribution in [2.24, 2.45) is 11.8 Å².